The molecular weight excluding hydrogens is 286 g/mol. The topological polar surface area (TPSA) is 69.6 Å². The Morgan fingerprint density at radius 1 is 1.10 bits per heavy atom. The van der Waals surface area contributed by atoms with Gasteiger partial charge in [-0.25, -0.2) is 0 Å². The van der Waals surface area contributed by atoms with Crippen molar-refractivity contribution in [1.82, 2.24) is 20.2 Å². The van der Waals surface area contributed by atoms with Gasteiger partial charge < -0.3 is 5.73 Å². The Labute approximate surface area is 127 Å². The molecule has 0 aliphatic rings. The monoisotopic (exact) mass is 299 g/mol. The van der Waals surface area contributed by atoms with Gasteiger partial charge in [-0.2, -0.15) is 4.68 Å². The summed E-state index contributed by atoms with van der Waals surface area (Å²) in [6.07, 6.45) is 0. The van der Waals surface area contributed by atoms with Crippen LogP contribution in [0, 0.1) is 13.8 Å². The van der Waals surface area contributed by atoms with Gasteiger partial charge in [-0.1, -0.05) is 29.8 Å². The number of tetrazole rings is 1. The van der Waals surface area contributed by atoms with Gasteiger partial charge in [-0.05, 0) is 53.6 Å². The zero-order valence-corrected chi connectivity index (χ0v) is 12.5. The fraction of sp³-hybridized carbons (Fsp3) is 0.133. The number of nitrogen functional groups attached to an aromatic ring is 1. The summed E-state index contributed by atoms with van der Waals surface area (Å²) >= 11 is 6.30. The van der Waals surface area contributed by atoms with Gasteiger partial charge in [0.1, 0.15) is 0 Å². The molecule has 5 nitrogen and oxygen atoms in total. The second kappa shape index (κ2) is 5.18. The molecule has 21 heavy (non-hydrogen) atoms. The number of halogens is 1. The predicted molar refractivity (Wildman–Crippen MR) is 83.5 cm³/mol. The number of aromatic nitrogens is 4. The maximum Gasteiger partial charge on any atom is 0.187 e. The van der Waals surface area contributed by atoms with E-state index in [4.69, 9.17) is 17.3 Å². The molecular formula is C15H14ClN5. The van der Waals surface area contributed by atoms with Crippen molar-refractivity contribution in [3.05, 3.63) is 52.5 Å². The minimum atomic E-state index is 0.601. The van der Waals surface area contributed by atoms with Gasteiger partial charge in [0.15, 0.2) is 5.82 Å². The first-order chi connectivity index (χ1) is 10.1. The number of nitrogens with zero attached hydrogens (tertiary/aromatic N) is 4. The standard InChI is InChI=1S/C15H14ClN5/c1-9-3-6-14(12(16)7-9)21-15(18-19-20-21)11-5-4-10(2)13(17)8-11/h3-8H,17H2,1-2H3. The normalized spacial score (nSPS) is 10.8. The van der Waals surface area contributed by atoms with Gasteiger partial charge in [0.05, 0.1) is 10.7 Å². The van der Waals surface area contributed by atoms with Crippen LogP contribution in [-0.2, 0) is 0 Å². The van der Waals surface area contributed by atoms with Gasteiger partial charge in [0, 0.05) is 11.3 Å². The first-order valence-electron chi connectivity index (χ1n) is 6.47. The van der Waals surface area contributed by atoms with Crippen LogP contribution in [0.1, 0.15) is 11.1 Å². The quantitative estimate of drug-likeness (QED) is 0.738. The van der Waals surface area contributed by atoms with Crippen LogP contribution >= 0.6 is 11.6 Å². The third-order valence-electron chi connectivity index (χ3n) is 3.34. The maximum absolute atomic E-state index is 6.30. The van der Waals surface area contributed by atoms with Crippen molar-refractivity contribution in [2.75, 3.05) is 5.73 Å². The maximum atomic E-state index is 6.30. The molecule has 0 spiro atoms. The zero-order valence-electron chi connectivity index (χ0n) is 11.7. The van der Waals surface area contributed by atoms with E-state index in [1.807, 2.05) is 50.2 Å². The Bertz CT molecular complexity index is 810. The van der Waals surface area contributed by atoms with Crippen molar-refractivity contribution >= 4 is 17.3 Å². The van der Waals surface area contributed by atoms with Crippen LogP contribution in [-0.4, -0.2) is 20.2 Å². The van der Waals surface area contributed by atoms with E-state index in [9.17, 15) is 0 Å². The molecule has 0 amide bonds. The number of nitrogens with two attached hydrogens (primary N) is 1. The molecule has 0 saturated carbocycles. The molecule has 6 heteroatoms. The minimum absolute atomic E-state index is 0.601. The Morgan fingerprint density at radius 2 is 1.90 bits per heavy atom. The molecule has 0 aliphatic carbocycles. The molecule has 2 N–H and O–H groups in total. The van der Waals surface area contributed by atoms with Crippen molar-refractivity contribution in [3.8, 4) is 17.1 Å². The number of hydrogen-bond donors (Lipinski definition) is 1. The van der Waals surface area contributed by atoms with Crippen LogP contribution in [0.5, 0.6) is 0 Å². The Hall–Kier alpha value is -2.40. The van der Waals surface area contributed by atoms with Crippen LogP contribution < -0.4 is 5.73 Å². The summed E-state index contributed by atoms with van der Waals surface area (Å²) in [5.41, 5.74) is 10.4. The molecule has 0 fully saturated rings. The molecule has 3 rings (SSSR count). The fourth-order valence-corrected chi connectivity index (χ4v) is 2.41. The van der Waals surface area contributed by atoms with Crippen molar-refractivity contribution < 1.29 is 0 Å². The lowest BCUT2D eigenvalue weighted by Gasteiger charge is -2.08. The Morgan fingerprint density at radius 3 is 2.62 bits per heavy atom. The van der Waals surface area contributed by atoms with Crippen LogP contribution in [0.2, 0.25) is 5.02 Å². The summed E-state index contributed by atoms with van der Waals surface area (Å²) in [6, 6.07) is 11.5. The lowest BCUT2D eigenvalue weighted by molar-refractivity contribution is 0.791. The van der Waals surface area contributed by atoms with E-state index >= 15 is 0 Å². The molecule has 0 unspecified atom stereocenters. The van der Waals surface area contributed by atoms with Gasteiger partial charge in [0.2, 0.25) is 0 Å². The third-order valence-corrected chi connectivity index (χ3v) is 3.64. The van der Waals surface area contributed by atoms with E-state index in [1.54, 1.807) is 4.68 Å². The number of aryl methyl sites for hydroxylation is 2. The molecule has 0 bridgehead atoms. The summed E-state index contributed by atoms with van der Waals surface area (Å²) in [5, 5.41) is 12.5. The SMILES string of the molecule is Cc1ccc(-n2nnnc2-c2ccc(C)c(N)c2)c(Cl)c1. The second-order valence-corrected chi connectivity index (χ2v) is 5.35. The summed E-state index contributed by atoms with van der Waals surface area (Å²) in [5.74, 6) is 0.604. The number of rotatable bonds is 2. The van der Waals surface area contributed by atoms with Crippen LogP contribution in [0.4, 0.5) is 5.69 Å². The lowest BCUT2D eigenvalue weighted by atomic mass is 10.1. The molecule has 0 aliphatic heterocycles. The first kappa shape index (κ1) is 13.6. The van der Waals surface area contributed by atoms with Crippen molar-refractivity contribution in [2.24, 2.45) is 0 Å². The molecule has 106 valence electrons. The molecule has 2 aromatic carbocycles. The molecule has 1 heterocycles. The molecule has 1 aromatic heterocycles. The van der Waals surface area contributed by atoms with E-state index in [-0.39, 0.29) is 0 Å². The number of hydrogen-bond acceptors (Lipinski definition) is 4. The third kappa shape index (κ3) is 2.48. The first-order valence-corrected chi connectivity index (χ1v) is 6.85. The van der Waals surface area contributed by atoms with Crippen LogP contribution in [0.15, 0.2) is 36.4 Å². The smallest absolute Gasteiger partial charge is 0.187 e. The van der Waals surface area contributed by atoms with Crippen molar-refractivity contribution in [2.45, 2.75) is 13.8 Å². The molecule has 0 radical (unpaired) electrons. The van der Waals surface area contributed by atoms with E-state index in [1.165, 1.54) is 0 Å². The summed E-state index contributed by atoms with van der Waals surface area (Å²) in [4.78, 5) is 0. The van der Waals surface area contributed by atoms with E-state index in [2.05, 4.69) is 15.5 Å². The Kier molecular flexibility index (Phi) is 3.35. The van der Waals surface area contributed by atoms with E-state index in [0.717, 1.165) is 22.4 Å². The highest BCUT2D eigenvalue weighted by atomic mass is 35.5. The van der Waals surface area contributed by atoms with Gasteiger partial charge in [-0.15, -0.1) is 5.10 Å². The average molecular weight is 300 g/mol. The van der Waals surface area contributed by atoms with Crippen molar-refractivity contribution in [1.29, 1.82) is 0 Å². The van der Waals surface area contributed by atoms with Gasteiger partial charge in [0.25, 0.3) is 0 Å². The fourth-order valence-electron chi connectivity index (χ4n) is 2.09. The predicted octanol–water partition coefficient (Wildman–Crippen LogP) is 3.18. The highest BCUT2D eigenvalue weighted by Gasteiger charge is 2.14. The number of anilines is 1. The highest BCUT2D eigenvalue weighted by Crippen LogP contribution is 2.27. The molecule has 3 aromatic rings. The van der Waals surface area contributed by atoms with Crippen molar-refractivity contribution in [3.63, 3.8) is 0 Å². The van der Waals surface area contributed by atoms with Crippen LogP contribution in [0.3, 0.4) is 0 Å². The van der Waals surface area contributed by atoms with E-state index < -0.39 is 0 Å². The largest absolute Gasteiger partial charge is 0.398 e. The Balaban J connectivity index is 2.14. The highest BCUT2D eigenvalue weighted by molar-refractivity contribution is 6.32. The summed E-state index contributed by atoms with van der Waals surface area (Å²) in [7, 11) is 0. The minimum Gasteiger partial charge on any atom is -0.398 e. The van der Waals surface area contributed by atoms with Gasteiger partial charge in [-0.3, -0.25) is 0 Å². The van der Waals surface area contributed by atoms with E-state index in [0.29, 0.717) is 16.5 Å². The molecule has 0 atom stereocenters. The summed E-state index contributed by atoms with van der Waals surface area (Å²) in [6.45, 7) is 3.94. The zero-order chi connectivity index (χ0) is 15.0. The second-order valence-electron chi connectivity index (χ2n) is 4.94. The average Bonchev–Trinajstić information content (AvgIpc) is 2.91. The number of benzene rings is 2. The van der Waals surface area contributed by atoms with Gasteiger partial charge >= 0.3 is 0 Å². The van der Waals surface area contributed by atoms with Crippen LogP contribution in [0.25, 0.3) is 17.1 Å². The lowest BCUT2D eigenvalue weighted by Crippen LogP contribution is -2.01. The summed E-state index contributed by atoms with van der Waals surface area (Å²) < 4.78 is 1.62. The molecule has 0 saturated heterocycles.